The smallest absolute Gasteiger partial charge is 0.364 e. The van der Waals surface area contributed by atoms with Crippen LogP contribution in [0.3, 0.4) is 0 Å². The highest BCUT2D eigenvalue weighted by molar-refractivity contribution is 6.67. The summed E-state index contributed by atoms with van der Waals surface area (Å²) in [5.74, 6) is -0.0453. The molecule has 0 aliphatic carbocycles. The number of hydrogen-bond acceptors (Lipinski definition) is 4. The summed E-state index contributed by atoms with van der Waals surface area (Å²) in [6, 6.07) is 0.677. The molecule has 2 N–H and O–H groups in total. The van der Waals surface area contributed by atoms with E-state index in [0.717, 1.165) is 6.42 Å². The van der Waals surface area contributed by atoms with Crippen molar-refractivity contribution >= 4 is 14.5 Å². The van der Waals surface area contributed by atoms with E-state index in [1.807, 2.05) is 0 Å². The van der Waals surface area contributed by atoms with Gasteiger partial charge in [0, 0.05) is 27.7 Å². The summed E-state index contributed by atoms with van der Waals surface area (Å²) in [4.78, 5) is 10.6. The molecule has 14 heavy (non-hydrogen) atoms. The fourth-order valence-corrected chi connectivity index (χ4v) is 2.82. The fraction of sp³-hybridized carbons (Fsp3) is 0.875. The van der Waals surface area contributed by atoms with Gasteiger partial charge in [0.1, 0.15) is 0 Å². The number of amides is 1. The lowest BCUT2D eigenvalue weighted by molar-refractivity contribution is -0.118. The van der Waals surface area contributed by atoms with Crippen LogP contribution in [0.25, 0.3) is 0 Å². The van der Waals surface area contributed by atoms with Gasteiger partial charge in [-0.1, -0.05) is 0 Å². The van der Waals surface area contributed by atoms with Crippen molar-refractivity contribution in [3.05, 3.63) is 0 Å². The monoisotopic (exact) mass is 221 g/mol. The predicted molar refractivity (Wildman–Crippen MR) is 55.0 cm³/mol. The molecular formula is C8H19NO4Si. The van der Waals surface area contributed by atoms with E-state index in [4.69, 9.17) is 14.0 Å². The molecule has 0 heterocycles. The molecule has 0 radical (unpaired) electrons. The maximum atomic E-state index is 10.6. The number of aliphatic hydroxyl groups excluding tert-OH is 1. The van der Waals surface area contributed by atoms with Gasteiger partial charge in [-0.2, -0.15) is 0 Å². The first-order chi connectivity index (χ1) is 6.60. The minimum absolute atomic E-state index is 0.0453. The molecular weight excluding hydrogens is 202 g/mol. The Morgan fingerprint density at radius 2 is 2.00 bits per heavy atom. The minimum Gasteiger partial charge on any atom is -0.396 e. The van der Waals surface area contributed by atoms with E-state index in [9.17, 15) is 4.79 Å². The van der Waals surface area contributed by atoms with E-state index in [0.29, 0.717) is 12.6 Å². The lowest BCUT2D eigenvalue weighted by Crippen LogP contribution is -2.45. The van der Waals surface area contributed by atoms with Gasteiger partial charge in [-0.05, 0) is 12.5 Å². The highest BCUT2D eigenvalue weighted by atomic mass is 28.4. The largest absolute Gasteiger partial charge is 0.396 e. The maximum Gasteiger partial charge on any atom is 0.364 e. The van der Waals surface area contributed by atoms with Crippen LogP contribution < -0.4 is 5.32 Å². The highest BCUT2D eigenvalue weighted by Crippen LogP contribution is 2.12. The SMILES string of the molecule is CO[Si](CO)(CCCNC(C)=O)OC. The second-order valence-electron chi connectivity index (χ2n) is 3.06. The molecule has 1 amide bonds. The molecule has 6 heteroatoms. The van der Waals surface area contributed by atoms with E-state index in [1.165, 1.54) is 6.92 Å². The van der Waals surface area contributed by atoms with Crippen LogP contribution >= 0.6 is 0 Å². The molecule has 0 saturated heterocycles. The molecule has 5 nitrogen and oxygen atoms in total. The van der Waals surface area contributed by atoms with E-state index in [1.54, 1.807) is 14.2 Å². The molecule has 0 fully saturated rings. The number of carbonyl (C=O) groups is 1. The average Bonchev–Trinajstić information content (AvgIpc) is 2.19. The average molecular weight is 221 g/mol. The van der Waals surface area contributed by atoms with Crippen LogP contribution in [0, 0.1) is 0 Å². The number of rotatable bonds is 7. The zero-order valence-electron chi connectivity index (χ0n) is 9.00. The summed E-state index contributed by atoms with van der Waals surface area (Å²) < 4.78 is 10.4. The van der Waals surface area contributed by atoms with Gasteiger partial charge >= 0.3 is 8.56 Å². The summed E-state index contributed by atoms with van der Waals surface area (Å²) in [6.45, 7) is 2.07. The van der Waals surface area contributed by atoms with E-state index < -0.39 is 8.56 Å². The first-order valence-electron chi connectivity index (χ1n) is 4.56. The fourth-order valence-electron chi connectivity index (χ4n) is 1.12. The lowest BCUT2D eigenvalue weighted by Gasteiger charge is -2.24. The van der Waals surface area contributed by atoms with E-state index in [2.05, 4.69) is 5.32 Å². The third-order valence-corrected chi connectivity index (χ3v) is 5.18. The highest BCUT2D eigenvalue weighted by Gasteiger charge is 2.33. The van der Waals surface area contributed by atoms with Crippen LogP contribution in [0.4, 0.5) is 0 Å². The number of hydrogen-bond donors (Lipinski definition) is 2. The summed E-state index contributed by atoms with van der Waals surface area (Å²) in [6.07, 6.45) is 0.702. The molecule has 0 aromatic carbocycles. The van der Waals surface area contributed by atoms with Gasteiger partial charge in [-0.3, -0.25) is 4.79 Å². The molecule has 0 aromatic rings. The second kappa shape index (κ2) is 6.94. The molecule has 0 atom stereocenters. The third kappa shape index (κ3) is 4.71. The van der Waals surface area contributed by atoms with Crippen molar-refractivity contribution in [3.8, 4) is 0 Å². The minimum atomic E-state index is -2.39. The van der Waals surface area contributed by atoms with Crippen LogP contribution in [0.15, 0.2) is 0 Å². The van der Waals surface area contributed by atoms with Crippen LogP contribution in [0.5, 0.6) is 0 Å². The maximum absolute atomic E-state index is 10.6. The Morgan fingerprint density at radius 1 is 1.43 bits per heavy atom. The Balaban J connectivity index is 3.77. The summed E-state index contributed by atoms with van der Waals surface area (Å²) >= 11 is 0. The lowest BCUT2D eigenvalue weighted by atomic mass is 10.5. The van der Waals surface area contributed by atoms with Crippen molar-refractivity contribution in [3.63, 3.8) is 0 Å². The predicted octanol–water partition coefficient (Wildman–Crippen LogP) is -0.221. The van der Waals surface area contributed by atoms with Crippen molar-refractivity contribution in [2.75, 3.05) is 27.0 Å². The Hall–Kier alpha value is -0.433. The zero-order valence-corrected chi connectivity index (χ0v) is 10.0. The zero-order chi connectivity index (χ0) is 11.0. The Labute approximate surface area is 85.7 Å². The van der Waals surface area contributed by atoms with Crippen LogP contribution in [0.2, 0.25) is 6.04 Å². The first-order valence-corrected chi connectivity index (χ1v) is 6.79. The molecule has 0 rings (SSSR count). The summed E-state index contributed by atoms with van der Waals surface area (Å²) in [5.41, 5.74) is 0. The number of aliphatic hydroxyl groups is 1. The van der Waals surface area contributed by atoms with Gasteiger partial charge < -0.3 is 19.3 Å². The third-order valence-electron chi connectivity index (χ3n) is 2.09. The molecule has 84 valence electrons. The molecule has 0 spiro atoms. The van der Waals surface area contributed by atoms with Gasteiger partial charge in [-0.25, -0.2) is 0 Å². The van der Waals surface area contributed by atoms with Crippen molar-refractivity contribution in [2.24, 2.45) is 0 Å². The molecule has 0 saturated carbocycles. The standard InChI is InChI=1S/C8H19NO4Si/c1-8(11)9-5-4-6-14(7-10,12-2)13-3/h10H,4-7H2,1-3H3,(H,9,11). The van der Waals surface area contributed by atoms with Gasteiger partial charge in [0.15, 0.2) is 0 Å². The second-order valence-corrected chi connectivity index (χ2v) is 6.52. The molecule has 0 aliphatic rings. The quantitative estimate of drug-likeness (QED) is 0.461. The Morgan fingerprint density at radius 3 is 2.36 bits per heavy atom. The Kier molecular flexibility index (Phi) is 6.72. The molecule has 0 unspecified atom stereocenters. The van der Waals surface area contributed by atoms with Crippen molar-refractivity contribution < 1.29 is 18.8 Å². The van der Waals surface area contributed by atoms with E-state index >= 15 is 0 Å². The van der Waals surface area contributed by atoms with E-state index in [-0.39, 0.29) is 12.1 Å². The summed E-state index contributed by atoms with van der Waals surface area (Å²) in [7, 11) is 0.707. The van der Waals surface area contributed by atoms with Gasteiger partial charge in [0.05, 0.1) is 6.23 Å². The van der Waals surface area contributed by atoms with Crippen molar-refractivity contribution in [2.45, 2.75) is 19.4 Å². The first kappa shape index (κ1) is 13.6. The number of carbonyl (C=O) groups excluding carboxylic acids is 1. The normalized spacial score (nSPS) is 11.4. The summed E-state index contributed by atoms with van der Waals surface area (Å²) in [5, 5.41) is 11.8. The van der Waals surface area contributed by atoms with Gasteiger partial charge in [0.25, 0.3) is 0 Å². The van der Waals surface area contributed by atoms with Crippen LogP contribution in [-0.2, 0) is 13.6 Å². The van der Waals surface area contributed by atoms with Gasteiger partial charge in [0.2, 0.25) is 5.91 Å². The molecule has 0 aliphatic heterocycles. The number of nitrogens with one attached hydrogen (secondary N) is 1. The Bertz CT molecular complexity index is 164. The van der Waals surface area contributed by atoms with Gasteiger partial charge in [-0.15, -0.1) is 0 Å². The molecule has 0 bridgehead atoms. The molecule has 0 aromatic heterocycles. The van der Waals surface area contributed by atoms with Crippen molar-refractivity contribution in [1.29, 1.82) is 0 Å². The topological polar surface area (TPSA) is 67.8 Å². The van der Waals surface area contributed by atoms with Crippen LogP contribution in [-0.4, -0.2) is 46.6 Å². The van der Waals surface area contributed by atoms with Crippen molar-refractivity contribution in [1.82, 2.24) is 5.32 Å². The van der Waals surface area contributed by atoms with Crippen LogP contribution in [0.1, 0.15) is 13.3 Å².